The molecule has 30 heavy (non-hydrogen) atoms. The van der Waals surface area contributed by atoms with Gasteiger partial charge >= 0.3 is 0 Å². The molecule has 1 amide bonds. The fourth-order valence-corrected chi connectivity index (χ4v) is 5.28. The van der Waals surface area contributed by atoms with Crippen molar-refractivity contribution in [2.24, 2.45) is 0 Å². The molecule has 5 nitrogen and oxygen atoms in total. The zero-order valence-electron chi connectivity index (χ0n) is 15.6. The Morgan fingerprint density at radius 3 is 2.53 bits per heavy atom. The fourth-order valence-electron chi connectivity index (χ4n) is 4.50. The van der Waals surface area contributed by atoms with Gasteiger partial charge in [0.2, 0.25) is 0 Å². The van der Waals surface area contributed by atoms with Crippen LogP contribution < -0.4 is 10.9 Å². The summed E-state index contributed by atoms with van der Waals surface area (Å²) < 4.78 is 1.81. The molecule has 5 rings (SSSR count). The van der Waals surface area contributed by atoms with E-state index in [1.54, 1.807) is 30.3 Å². The number of amides is 1. The summed E-state index contributed by atoms with van der Waals surface area (Å²) in [6.45, 7) is 0. The molecule has 154 valence electrons. The first-order valence-corrected chi connectivity index (χ1v) is 11.0. The zero-order chi connectivity index (χ0) is 21.0. The van der Waals surface area contributed by atoms with Gasteiger partial charge in [-0.05, 0) is 61.6 Å². The highest BCUT2D eigenvalue weighted by Gasteiger charge is 2.44. The average molecular weight is 482 g/mol. The normalized spacial score (nSPS) is 19.1. The van der Waals surface area contributed by atoms with Gasteiger partial charge in [0.25, 0.3) is 5.91 Å². The zero-order valence-corrected chi connectivity index (χ0v) is 18.6. The molecule has 0 radical (unpaired) electrons. The van der Waals surface area contributed by atoms with E-state index >= 15 is 0 Å². The monoisotopic (exact) mass is 480 g/mol. The maximum absolute atomic E-state index is 13.0. The summed E-state index contributed by atoms with van der Waals surface area (Å²) in [6, 6.07) is 10.3. The number of carbonyl (C=O) groups excluding carboxylic acids is 1. The Hall–Kier alpha value is -1.92. The lowest BCUT2D eigenvalue weighted by molar-refractivity contribution is 0.0956. The van der Waals surface area contributed by atoms with Gasteiger partial charge in [-0.1, -0.05) is 46.4 Å². The molecule has 1 fully saturated rings. The van der Waals surface area contributed by atoms with Gasteiger partial charge in [-0.2, -0.15) is 5.10 Å². The molecule has 1 aromatic heterocycles. The van der Waals surface area contributed by atoms with Crippen LogP contribution in [0.3, 0.4) is 0 Å². The molecule has 2 atom stereocenters. The van der Waals surface area contributed by atoms with Gasteiger partial charge < -0.3 is 0 Å². The summed E-state index contributed by atoms with van der Waals surface area (Å²) in [7, 11) is 0. The number of hydrogen-bond acceptors (Lipinski definition) is 3. The lowest BCUT2D eigenvalue weighted by Gasteiger charge is -2.15. The molecule has 2 aliphatic carbocycles. The largest absolute Gasteiger partial charge is 0.298 e. The highest BCUT2D eigenvalue weighted by Crippen LogP contribution is 2.54. The number of hydrogen-bond donors (Lipinski definition) is 2. The van der Waals surface area contributed by atoms with Crippen molar-refractivity contribution in [2.75, 3.05) is 5.43 Å². The first kappa shape index (κ1) is 20.0. The van der Waals surface area contributed by atoms with Crippen molar-refractivity contribution >= 4 is 58.0 Å². The molecular formula is C21H16Cl4N4O. The van der Waals surface area contributed by atoms with Crippen LogP contribution in [0.2, 0.25) is 20.1 Å². The minimum absolute atomic E-state index is 0.311. The number of halogens is 4. The number of benzene rings is 2. The number of nitrogens with zero attached hydrogens (tertiary/aromatic N) is 2. The fraction of sp³-hybridized carbons (Fsp3) is 0.238. The molecule has 9 heteroatoms. The van der Waals surface area contributed by atoms with Crippen LogP contribution in [0, 0.1) is 0 Å². The summed E-state index contributed by atoms with van der Waals surface area (Å²) in [4.78, 5) is 13.0. The maximum Gasteiger partial charge on any atom is 0.290 e. The number of anilines is 1. The molecule has 2 bridgehead atoms. The standard InChI is InChI=1S/C21H16Cl4N4O/c22-12-3-6-17(16(25)8-12)29-20-11-2-1-10(7-11)18(20)19(28-29)21(30)27-26-13-4-5-14(23)15(24)9-13/h3-6,8-11,26H,1-2,7H2,(H,27,30)/t10-,11-/m0/s1. The van der Waals surface area contributed by atoms with Crippen molar-refractivity contribution in [1.82, 2.24) is 15.2 Å². The van der Waals surface area contributed by atoms with Gasteiger partial charge in [0.15, 0.2) is 5.69 Å². The molecule has 1 heterocycles. The van der Waals surface area contributed by atoms with E-state index in [0.717, 1.165) is 36.2 Å². The van der Waals surface area contributed by atoms with Gasteiger partial charge in [0.1, 0.15) is 0 Å². The number of nitrogens with one attached hydrogen (secondary N) is 2. The van der Waals surface area contributed by atoms with Crippen molar-refractivity contribution < 1.29 is 4.79 Å². The molecule has 0 saturated heterocycles. The number of hydrazine groups is 1. The van der Waals surface area contributed by atoms with Crippen LogP contribution in [-0.2, 0) is 0 Å². The van der Waals surface area contributed by atoms with Crippen molar-refractivity contribution in [2.45, 2.75) is 31.1 Å². The predicted octanol–water partition coefficient (Wildman–Crippen LogP) is 6.61. The third kappa shape index (κ3) is 3.34. The van der Waals surface area contributed by atoms with E-state index in [9.17, 15) is 4.79 Å². The maximum atomic E-state index is 13.0. The highest BCUT2D eigenvalue weighted by atomic mass is 35.5. The number of fused-ring (bicyclic) bond motifs is 5. The van der Waals surface area contributed by atoms with E-state index in [0.29, 0.717) is 43.3 Å². The Balaban J connectivity index is 1.49. The van der Waals surface area contributed by atoms with Crippen molar-refractivity contribution in [3.8, 4) is 5.69 Å². The van der Waals surface area contributed by atoms with E-state index in [1.165, 1.54) is 0 Å². The lowest BCUT2D eigenvalue weighted by atomic mass is 9.95. The van der Waals surface area contributed by atoms with Crippen LogP contribution in [0.25, 0.3) is 5.69 Å². The van der Waals surface area contributed by atoms with Crippen LogP contribution in [0.4, 0.5) is 5.69 Å². The minimum Gasteiger partial charge on any atom is -0.298 e. The van der Waals surface area contributed by atoms with Gasteiger partial charge in [-0.3, -0.25) is 15.6 Å². The molecular weight excluding hydrogens is 466 g/mol. The summed E-state index contributed by atoms with van der Waals surface area (Å²) in [6.07, 6.45) is 3.20. The highest BCUT2D eigenvalue weighted by molar-refractivity contribution is 6.42. The third-order valence-electron chi connectivity index (χ3n) is 5.78. The second-order valence-corrected chi connectivity index (χ2v) is 9.23. The second kappa shape index (κ2) is 7.65. The van der Waals surface area contributed by atoms with Crippen LogP contribution in [0.5, 0.6) is 0 Å². The number of carbonyl (C=O) groups is 1. The van der Waals surface area contributed by atoms with Crippen molar-refractivity contribution in [1.29, 1.82) is 0 Å². The first-order chi connectivity index (χ1) is 14.4. The summed E-state index contributed by atoms with van der Waals surface area (Å²) >= 11 is 24.5. The van der Waals surface area contributed by atoms with E-state index in [2.05, 4.69) is 16.0 Å². The number of rotatable bonds is 4. The molecule has 3 aromatic rings. The smallest absolute Gasteiger partial charge is 0.290 e. The SMILES string of the molecule is O=C(NNc1ccc(Cl)c(Cl)c1)c1nn(-c2ccc(Cl)cc2Cl)c2c1[C@H]1CC[C@H]2C1. The summed E-state index contributed by atoms with van der Waals surface area (Å²) in [5, 5.41) is 6.56. The van der Waals surface area contributed by atoms with E-state index in [-0.39, 0.29) is 5.91 Å². The Kier molecular flexibility index (Phi) is 5.10. The van der Waals surface area contributed by atoms with Crippen molar-refractivity contribution in [3.05, 3.63) is 73.4 Å². The first-order valence-electron chi connectivity index (χ1n) is 9.52. The molecule has 0 aliphatic heterocycles. The topological polar surface area (TPSA) is 59.0 Å². The summed E-state index contributed by atoms with van der Waals surface area (Å²) in [5.41, 5.74) is 9.45. The van der Waals surface area contributed by atoms with Gasteiger partial charge in [0, 0.05) is 16.5 Å². The van der Waals surface area contributed by atoms with E-state index in [1.807, 2.05) is 10.7 Å². The predicted molar refractivity (Wildman–Crippen MR) is 120 cm³/mol. The van der Waals surface area contributed by atoms with Gasteiger partial charge in [-0.15, -0.1) is 0 Å². The lowest BCUT2D eigenvalue weighted by Crippen LogP contribution is -2.30. The summed E-state index contributed by atoms with van der Waals surface area (Å²) in [5.74, 6) is 0.415. The molecule has 2 aromatic carbocycles. The third-order valence-corrected chi connectivity index (χ3v) is 7.06. The number of aromatic nitrogens is 2. The van der Waals surface area contributed by atoms with Crippen LogP contribution in [0.1, 0.15) is 52.8 Å². The second-order valence-electron chi connectivity index (χ2n) is 7.57. The van der Waals surface area contributed by atoms with Crippen LogP contribution in [0.15, 0.2) is 36.4 Å². The minimum atomic E-state index is -0.311. The molecule has 2 aliphatic rings. The molecule has 0 spiro atoms. The Morgan fingerprint density at radius 1 is 0.967 bits per heavy atom. The molecule has 2 N–H and O–H groups in total. The van der Waals surface area contributed by atoms with E-state index < -0.39 is 0 Å². The quantitative estimate of drug-likeness (QED) is 0.412. The average Bonchev–Trinajstić information content (AvgIpc) is 3.41. The molecule has 0 unspecified atom stereocenters. The Bertz CT molecular complexity index is 1180. The van der Waals surface area contributed by atoms with E-state index in [4.69, 9.17) is 46.4 Å². The van der Waals surface area contributed by atoms with Gasteiger partial charge in [-0.25, -0.2) is 4.68 Å². The van der Waals surface area contributed by atoms with Crippen LogP contribution >= 0.6 is 46.4 Å². The Morgan fingerprint density at radius 2 is 1.77 bits per heavy atom. The Labute approximate surface area is 193 Å². The molecule has 1 saturated carbocycles. The van der Waals surface area contributed by atoms with Crippen LogP contribution in [-0.4, -0.2) is 15.7 Å². The van der Waals surface area contributed by atoms with Gasteiger partial charge in [0.05, 0.1) is 32.1 Å². The van der Waals surface area contributed by atoms with Crippen molar-refractivity contribution in [3.63, 3.8) is 0 Å².